The van der Waals surface area contributed by atoms with Gasteiger partial charge >= 0.3 is 0 Å². The Balaban J connectivity index is 0.00000127. The molecular formula is C20H31NO2. The molecule has 3 atom stereocenters. The summed E-state index contributed by atoms with van der Waals surface area (Å²) in [7, 11) is 1.84. The normalized spacial score (nSPS) is 21.9. The van der Waals surface area contributed by atoms with E-state index in [0.29, 0.717) is 30.6 Å². The number of allylic oxidation sites excluding steroid dienone is 1. The van der Waals surface area contributed by atoms with Gasteiger partial charge in [0.15, 0.2) is 0 Å². The predicted octanol–water partition coefficient (Wildman–Crippen LogP) is 4.46. The average Bonchev–Trinajstić information content (AvgIpc) is 2.77. The molecule has 1 amide bonds. The molecule has 3 unspecified atom stereocenters. The number of amides is 1. The first-order valence-corrected chi connectivity index (χ1v) is 8.55. The highest BCUT2D eigenvalue weighted by Crippen LogP contribution is 2.49. The Labute approximate surface area is 141 Å². The number of aromatic hydroxyl groups is 1. The zero-order chi connectivity index (χ0) is 17.7. The van der Waals surface area contributed by atoms with Gasteiger partial charge < -0.3 is 10.0 Å². The van der Waals surface area contributed by atoms with Gasteiger partial charge in [0.1, 0.15) is 5.75 Å². The lowest BCUT2D eigenvalue weighted by Gasteiger charge is -2.26. The lowest BCUT2D eigenvalue weighted by molar-refractivity contribution is -0.127. The van der Waals surface area contributed by atoms with E-state index in [0.717, 1.165) is 5.56 Å². The third-order valence-electron chi connectivity index (χ3n) is 5.01. The van der Waals surface area contributed by atoms with Gasteiger partial charge in [-0.05, 0) is 35.4 Å². The van der Waals surface area contributed by atoms with Crippen molar-refractivity contribution in [1.82, 2.24) is 4.90 Å². The van der Waals surface area contributed by atoms with Crippen LogP contribution in [0.2, 0.25) is 0 Å². The second-order valence-electron chi connectivity index (χ2n) is 6.21. The molecule has 0 aliphatic heterocycles. The van der Waals surface area contributed by atoms with E-state index in [1.807, 2.05) is 33.0 Å². The number of hydrogen-bond acceptors (Lipinski definition) is 2. The number of nitrogens with zero attached hydrogens (tertiary/aromatic N) is 1. The van der Waals surface area contributed by atoms with E-state index in [4.69, 9.17) is 0 Å². The minimum absolute atomic E-state index is 0.0775. The minimum atomic E-state index is 0.0775. The Bertz CT molecular complexity index is 565. The predicted molar refractivity (Wildman–Crippen MR) is 97.0 cm³/mol. The van der Waals surface area contributed by atoms with Gasteiger partial charge in [-0.1, -0.05) is 39.8 Å². The Morgan fingerprint density at radius 3 is 2.48 bits per heavy atom. The van der Waals surface area contributed by atoms with Gasteiger partial charge in [0, 0.05) is 32.0 Å². The molecule has 1 aromatic carbocycles. The Hall–Kier alpha value is -1.77. The zero-order valence-electron chi connectivity index (χ0n) is 15.4. The maximum absolute atomic E-state index is 11.6. The fraction of sp³-hybridized carbons (Fsp3) is 0.550. The van der Waals surface area contributed by atoms with Crippen molar-refractivity contribution in [1.29, 1.82) is 0 Å². The van der Waals surface area contributed by atoms with Crippen molar-refractivity contribution >= 4 is 5.91 Å². The number of carbonyl (C=O) groups is 1. The van der Waals surface area contributed by atoms with Gasteiger partial charge in [0.2, 0.25) is 5.91 Å². The average molecular weight is 317 g/mol. The van der Waals surface area contributed by atoms with E-state index in [-0.39, 0.29) is 11.8 Å². The Morgan fingerprint density at radius 1 is 1.35 bits per heavy atom. The lowest BCUT2D eigenvalue weighted by atomic mass is 9.87. The molecule has 3 nitrogen and oxygen atoms in total. The molecule has 1 aliphatic rings. The highest BCUT2D eigenvalue weighted by Gasteiger charge is 2.38. The van der Waals surface area contributed by atoms with Gasteiger partial charge in [0.25, 0.3) is 0 Å². The SMILES string of the molecule is C=CCc1c(O)ccc2c1C(CN(C)C(C)=O)C(C)C2C.CC. The van der Waals surface area contributed by atoms with Crippen molar-refractivity contribution in [2.45, 2.75) is 52.9 Å². The number of phenols is 1. The second-order valence-corrected chi connectivity index (χ2v) is 6.21. The van der Waals surface area contributed by atoms with Crippen molar-refractivity contribution in [2.75, 3.05) is 13.6 Å². The second kappa shape index (κ2) is 8.19. The molecule has 1 aromatic rings. The van der Waals surface area contributed by atoms with Crippen LogP contribution in [0.1, 0.15) is 63.1 Å². The largest absolute Gasteiger partial charge is 0.508 e. The number of phenolic OH excluding ortho intramolecular Hbond substituents is 1. The van der Waals surface area contributed by atoms with Crippen molar-refractivity contribution in [2.24, 2.45) is 5.92 Å². The van der Waals surface area contributed by atoms with Gasteiger partial charge in [-0.2, -0.15) is 0 Å². The number of hydrogen-bond donors (Lipinski definition) is 1. The molecule has 0 saturated heterocycles. The molecule has 0 bridgehead atoms. The first-order chi connectivity index (χ1) is 10.9. The van der Waals surface area contributed by atoms with E-state index < -0.39 is 0 Å². The zero-order valence-corrected chi connectivity index (χ0v) is 15.4. The van der Waals surface area contributed by atoms with Crippen LogP contribution in [0, 0.1) is 5.92 Å². The first kappa shape index (κ1) is 19.3. The van der Waals surface area contributed by atoms with E-state index >= 15 is 0 Å². The number of carbonyl (C=O) groups excluding carboxylic acids is 1. The number of benzene rings is 1. The number of likely N-dealkylation sites (N-methyl/N-ethyl adjacent to an activating group) is 1. The van der Waals surface area contributed by atoms with Crippen LogP contribution in [-0.4, -0.2) is 29.5 Å². The topological polar surface area (TPSA) is 40.5 Å². The van der Waals surface area contributed by atoms with E-state index in [1.165, 1.54) is 11.1 Å². The summed E-state index contributed by atoms with van der Waals surface area (Å²) >= 11 is 0. The van der Waals surface area contributed by atoms with Crippen LogP contribution in [0.5, 0.6) is 5.75 Å². The van der Waals surface area contributed by atoms with Crippen LogP contribution in [-0.2, 0) is 11.2 Å². The fourth-order valence-electron chi connectivity index (χ4n) is 3.44. The van der Waals surface area contributed by atoms with Crippen LogP contribution >= 0.6 is 0 Å². The minimum Gasteiger partial charge on any atom is -0.508 e. The van der Waals surface area contributed by atoms with E-state index in [2.05, 4.69) is 20.4 Å². The summed E-state index contributed by atoms with van der Waals surface area (Å²) in [5.74, 6) is 1.58. The summed E-state index contributed by atoms with van der Waals surface area (Å²) in [6, 6.07) is 3.82. The standard InChI is InChI=1S/C18H25NO2.C2H6/c1-6-7-15-17(21)9-8-14-11(2)12(3)16(18(14)15)10-19(5)13(4)20;1-2/h6,8-9,11-12,16,21H,1,7,10H2,2-5H3;1-2H3. The summed E-state index contributed by atoms with van der Waals surface area (Å²) in [6.07, 6.45) is 2.49. The molecule has 3 heteroatoms. The van der Waals surface area contributed by atoms with E-state index in [9.17, 15) is 9.90 Å². The molecule has 0 spiro atoms. The summed E-state index contributed by atoms with van der Waals surface area (Å²) in [5, 5.41) is 10.2. The van der Waals surface area contributed by atoms with Crippen LogP contribution in [0.15, 0.2) is 24.8 Å². The Morgan fingerprint density at radius 2 is 1.96 bits per heavy atom. The highest BCUT2D eigenvalue weighted by atomic mass is 16.3. The van der Waals surface area contributed by atoms with Crippen molar-refractivity contribution in [3.63, 3.8) is 0 Å². The summed E-state index contributed by atoms with van der Waals surface area (Å²) in [5.41, 5.74) is 3.50. The lowest BCUT2D eigenvalue weighted by Crippen LogP contribution is -2.30. The molecule has 2 rings (SSSR count). The van der Waals surface area contributed by atoms with Gasteiger partial charge in [-0.15, -0.1) is 6.58 Å². The molecule has 1 N–H and O–H groups in total. The quantitative estimate of drug-likeness (QED) is 0.833. The molecule has 0 saturated carbocycles. The van der Waals surface area contributed by atoms with Crippen molar-refractivity contribution in [3.8, 4) is 5.75 Å². The number of rotatable bonds is 4. The first-order valence-electron chi connectivity index (χ1n) is 8.55. The van der Waals surface area contributed by atoms with Crippen LogP contribution in [0.25, 0.3) is 0 Å². The van der Waals surface area contributed by atoms with Crippen molar-refractivity contribution in [3.05, 3.63) is 41.5 Å². The van der Waals surface area contributed by atoms with Crippen molar-refractivity contribution < 1.29 is 9.90 Å². The Kier molecular flexibility index (Phi) is 6.86. The van der Waals surface area contributed by atoms with Gasteiger partial charge in [0.05, 0.1) is 0 Å². The summed E-state index contributed by atoms with van der Waals surface area (Å²) in [6.45, 7) is 14.6. The molecule has 0 heterocycles. The maximum Gasteiger partial charge on any atom is 0.219 e. The molecule has 1 aliphatic carbocycles. The number of fused-ring (bicyclic) bond motifs is 1. The highest BCUT2D eigenvalue weighted by molar-refractivity contribution is 5.73. The van der Waals surface area contributed by atoms with Gasteiger partial charge in [-0.25, -0.2) is 0 Å². The van der Waals surface area contributed by atoms with Crippen LogP contribution < -0.4 is 0 Å². The monoisotopic (exact) mass is 317 g/mol. The molecule has 0 fully saturated rings. The smallest absolute Gasteiger partial charge is 0.219 e. The molecular weight excluding hydrogens is 286 g/mol. The fourth-order valence-corrected chi connectivity index (χ4v) is 3.44. The van der Waals surface area contributed by atoms with Crippen LogP contribution in [0.3, 0.4) is 0 Å². The molecule has 23 heavy (non-hydrogen) atoms. The summed E-state index contributed by atoms with van der Waals surface area (Å²) < 4.78 is 0. The van der Waals surface area contributed by atoms with Crippen LogP contribution in [0.4, 0.5) is 0 Å². The third-order valence-corrected chi connectivity index (χ3v) is 5.01. The van der Waals surface area contributed by atoms with Gasteiger partial charge in [-0.3, -0.25) is 4.79 Å². The maximum atomic E-state index is 11.6. The molecule has 0 radical (unpaired) electrons. The third kappa shape index (κ3) is 3.77. The summed E-state index contributed by atoms with van der Waals surface area (Å²) in [4.78, 5) is 13.3. The van der Waals surface area contributed by atoms with E-state index in [1.54, 1.807) is 17.9 Å². The molecule has 128 valence electrons. The molecule has 0 aromatic heterocycles.